The average molecular weight is 275 g/mol. The van der Waals surface area contributed by atoms with Gasteiger partial charge in [0.05, 0.1) is 11.3 Å². The molecule has 0 aromatic heterocycles. The molecule has 1 aromatic carbocycles. The van der Waals surface area contributed by atoms with Crippen LogP contribution in [0.3, 0.4) is 0 Å². The van der Waals surface area contributed by atoms with E-state index in [0.29, 0.717) is 16.8 Å². The third-order valence-electron chi connectivity index (χ3n) is 3.69. The molecular formula is C15H14FNO3. The van der Waals surface area contributed by atoms with Gasteiger partial charge in [0.25, 0.3) is 0 Å². The second kappa shape index (κ2) is 4.16. The number of halogens is 1. The lowest BCUT2D eigenvalue weighted by Gasteiger charge is -2.27. The number of cyclic esters (lactones) is 1. The van der Waals surface area contributed by atoms with Gasteiger partial charge in [-0.25, -0.2) is 9.18 Å². The summed E-state index contributed by atoms with van der Waals surface area (Å²) in [6.07, 6.45) is 0.119. The van der Waals surface area contributed by atoms with Gasteiger partial charge in [0.2, 0.25) is 5.91 Å². The molecule has 0 spiro atoms. The van der Waals surface area contributed by atoms with Gasteiger partial charge in [-0.2, -0.15) is 0 Å². The lowest BCUT2D eigenvalue weighted by atomic mass is 9.83. The molecule has 1 aromatic rings. The number of rotatable bonds is 1. The fraction of sp³-hybridized carbons (Fsp3) is 0.333. The zero-order valence-corrected chi connectivity index (χ0v) is 11.2. The molecule has 1 atom stereocenters. The number of carbonyl (C=O) groups is 2. The van der Waals surface area contributed by atoms with Gasteiger partial charge in [0.1, 0.15) is 11.4 Å². The minimum Gasteiger partial charge on any atom is -0.450 e. The van der Waals surface area contributed by atoms with Crippen LogP contribution in [0.5, 0.6) is 0 Å². The molecule has 3 rings (SSSR count). The van der Waals surface area contributed by atoms with E-state index >= 15 is 0 Å². The summed E-state index contributed by atoms with van der Waals surface area (Å²) in [4.78, 5) is 23.9. The number of hydrogen-bond acceptors (Lipinski definition) is 3. The van der Waals surface area contributed by atoms with Crippen LogP contribution in [0.2, 0.25) is 0 Å². The first kappa shape index (κ1) is 12.8. The highest BCUT2D eigenvalue weighted by atomic mass is 19.1. The Hall–Kier alpha value is -2.17. The van der Waals surface area contributed by atoms with Crippen LogP contribution >= 0.6 is 0 Å². The van der Waals surface area contributed by atoms with Crippen molar-refractivity contribution in [3.63, 3.8) is 0 Å². The lowest BCUT2D eigenvalue weighted by Crippen LogP contribution is -2.38. The van der Waals surface area contributed by atoms with E-state index in [-0.39, 0.29) is 18.1 Å². The van der Waals surface area contributed by atoms with Crippen LogP contribution < -0.4 is 5.32 Å². The van der Waals surface area contributed by atoms with E-state index in [1.165, 1.54) is 12.1 Å². The van der Waals surface area contributed by atoms with Crippen molar-refractivity contribution in [2.75, 3.05) is 0 Å². The number of esters is 1. The predicted molar refractivity (Wildman–Crippen MR) is 69.1 cm³/mol. The molecule has 0 radical (unpaired) electrons. The highest BCUT2D eigenvalue weighted by Gasteiger charge is 2.47. The second-order valence-corrected chi connectivity index (χ2v) is 5.55. The van der Waals surface area contributed by atoms with Crippen molar-refractivity contribution in [3.05, 3.63) is 46.9 Å². The summed E-state index contributed by atoms with van der Waals surface area (Å²) in [7, 11) is 0. The Kier molecular flexibility index (Phi) is 2.67. The van der Waals surface area contributed by atoms with E-state index in [2.05, 4.69) is 5.32 Å². The molecule has 0 fully saturated rings. The summed E-state index contributed by atoms with van der Waals surface area (Å²) < 4.78 is 18.7. The molecule has 20 heavy (non-hydrogen) atoms. The van der Waals surface area contributed by atoms with E-state index in [0.717, 1.165) is 0 Å². The van der Waals surface area contributed by atoms with Crippen LogP contribution in [0, 0.1) is 5.82 Å². The predicted octanol–water partition coefficient (Wildman–Crippen LogP) is 2.02. The molecule has 0 bridgehead atoms. The maximum atomic E-state index is 13.4. The molecule has 1 amide bonds. The van der Waals surface area contributed by atoms with E-state index < -0.39 is 17.5 Å². The van der Waals surface area contributed by atoms with Gasteiger partial charge in [0, 0.05) is 12.3 Å². The van der Waals surface area contributed by atoms with Crippen molar-refractivity contribution in [2.45, 2.75) is 31.8 Å². The monoisotopic (exact) mass is 275 g/mol. The normalized spacial score (nSPS) is 24.2. The standard InChI is InChI=1S/C15H14FNO3/c1-15(2)13-12(14(19)20-15)10(7-11(18)17-13)8-4-3-5-9(16)6-8/h3-6,10H,7H2,1-2H3,(H,17,18)/t10-/m1/s1. The maximum absolute atomic E-state index is 13.4. The van der Waals surface area contributed by atoms with Crippen LogP contribution in [-0.2, 0) is 14.3 Å². The smallest absolute Gasteiger partial charge is 0.337 e. The first-order chi connectivity index (χ1) is 9.38. The van der Waals surface area contributed by atoms with Crippen molar-refractivity contribution in [2.24, 2.45) is 0 Å². The lowest BCUT2D eigenvalue weighted by molar-refractivity contribution is -0.144. The third-order valence-corrected chi connectivity index (χ3v) is 3.69. The largest absolute Gasteiger partial charge is 0.450 e. The van der Waals surface area contributed by atoms with Crippen LogP contribution in [0.1, 0.15) is 31.7 Å². The van der Waals surface area contributed by atoms with E-state index in [4.69, 9.17) is 4.74 Å². The summed E-state index contributed by atoms with van der Waals surface area (Å²) >= 11 is 0. The van der Waals surface area contributed by atoms with Crippen molar-refractivity contribution in [1.82, 2.24) is 5.32 Å². The van der Waals surface area contributed by atoms with E-state index in [1.54, 1.807) is 26.0 Å². The maximum Gasteiger partial charge on any atom is 0.337 e. The molecule has 2 aliphatic heterocycles. The van der Waals surface area contributed by atoms with Crippen molar-refractivity contribution in [1.29, 1.82) is 0 Å². The number of hydrogen-bond donors (Lipinski definition) is 1. The molecule has 0 saturated heterocycles. The van der Waals surface area contributed by atoms with E-state index in [9.17, 15) is 14.0 Å². The SMILES string of the molecule is CC1(C)OC(=O)C2=C1NC(=O)C[C@@H]2c1cccc(F)c1. The fourth-order valence-corrected chi connectivity index (χ4v) is 2.78. The molecule has 0 saturated carbocycles. The van der Waals surface area contributed by atoms with Gasteiger partial charge >= 0.3 is 5.97 Å². The molecule has 104 valence electrons. The molecule has 1 N–H and O–H groups in total. The van der Waals surface area contributed by atoms with Crippen molar-refractivity contribution in [3.8, 4) is 0 Å². The van der Waals surface area contributed by atoms with Crippen LogP contribution in [0.15, 0.2) is 35.5 Å². The fourth-order valence-electron chi connectivity index (χ4n) is 2.78. The molecule has 5 heteroatoms. The average Bonchev–Trinajstić information content (AvgIpc) is 2.59. The van der Waals surface area contributed by atoms with Crippen molar-refractivity contribution >= 4 is 11.9 Å². The molecule has 2 heterocycles. The Labute approximate surface area is 115 Å². The van der Waals surface area contributed by atoms with E-state index in [1.807, 2.05) is 0 Å². The first-order valence-electron chi connectivity index (χ1n) is 6.42. The Bertz CT molecular complexity index is 648. The van der Waals surface area contributed by atoms with Gasteiger partial charge < -0.3 is 10.1 Å². The van der Waals surface area contributed by atoms with Gasteiger partial charge in [-0.15, -0.1) is 0 Å². The topological polar surface area (TPSA) is 55.4 Å². The minimum absolute atomic E-state index is 0.119. The summed E-state index contributed by atoms with van der Waals surface area (Å²) in [6.45, 7) is 3.45. The molecular weight excluding hydrogens is 261 g/mol. The number of nitrogens with one attached hydrogen (secondary N) is 1. The van der Waals surface area contributed by atoms with Gasteiger partial charge in [0.15, 0.2) is 0 Å². The zero-order chi connectivity index (χ0) is 14.5. The molecule has 0 aliphatic carbocycles. The quantitative estimate of drug-likeness (QED) is 0.798. The summed E-state index contributed by atoms with van der Waals surface area (Å²) in [6, 6.07) is 5.98. The Balaban J connectivity index is 2.13. The highest BCUT2D eigenvalue weighted by Crippen LogP contribution is 2.42. The molecule has 2 aliphatic rings. The number of ether oxygens (including phenoxy) is 1. The number of amides is 1. The second-order valence-electron chi connectivity index (χ2n) is 5.55. The van der Waals surface area contributed by atoms with Gasteiger partial charge in [-0.1, -0.05) is 12.1 Å². The van der Waals surface area contributed by atoms with Crippen LogP contribution in [0.4, 0.5) is 4.39 Å². The first-order valence-corrected chi connectivity index (χ1v) is 6.42. The van der Waals surface area contributed by atoms with Crippen LogP contribution in [-0.4, -0.2) is 17.5 Å². The zero-order valence-electron chi connectivity index (χ0n) is 11.2. The summed E-state index contributed by atoms with van der Waals surface area (Å²) in [5, 5.41) is 2.71. The van der Waals surface area contributed by atoms with Crippen molar-refractivity contribution < 1.29 is 18.7 Å². The highest BCUT2D eigenvalue weighted by molar-refractivity contribution is 5.99. The molecule has 4 nitrogen and oxygen atoms in total. The molecule has 0 unspecified atom stereocenters. The number of benzene rings is 1. The third kappa shape index (κ3) is 1.90. The van der Waals surface area contributed by atoms with Gasteiger partial charge in [-0.3, -0.25) is 4.79 Å². The summed E-state index contributed by atoms with van der Waals surface area (Å²) in [5.41, 5.74) is 0.684. The van der Waals surface area contributed by atoms with Gasteiger partial charge in [-0.05, 0) is 31.5 Å². The number of carbonyl (C=O) groups excluding carboxylic acids is 2. The Morgan fingerprint density at radius 3 is 2.80 bits per heavy atom. The minimum atomic E-state index is -0.853. The summed E-state index contributed by atoms with van der Waals surface area (Å²) in [5.74, 6) is -1.48. The Morgan fingerprint density at radius 2 is 2.10 bits per heavy atom. The van der Waals surface area contributed by atoms with Crippen LogP contribution in [0.25, 0.3) is 0 Å². The Morgan fingerprint density at radius 1 is 1.35 bits per heavy atom.